The number of hydrogen-bond acceptors (Lipinski definition) is 4. The fourth-order valence-corrected chi connectivity index (χ4v) is 3.26. The molecule has 27 heavy (non-hydrogen) atoms. The monoisotopic (exact) mass is 381 g/mol. The molecule has 2 aromatic rings. The molecule has 0 radical (unpaired) electrons. The number of aromatic nitrogens is 3. The van der Waals surface area contributed by atoms with Gasteiger partial charge in [0.1, 0.15) is 5.82 Å². The van der Waals surface area contributed by atoms with Crippen LogP contribution in [0.2, 0.25) is 0 Å². The van der Waals surface area contributed by atoms with Crippen LogP contribution >= 0.6 is 0 Å². The molecular formula is C18H22F3N5O. The molecule has 0 saturated carbocycles. The minimum absolute atomic E-state index is 0.00159. The van der Waals surface area contributed by atoms with Crippen LogP contribution in [0.1, 0.15) is 29.7 Å². The number of nitrogens with zero attached hydrogens (tertiary/aromatic N) is 4. The number of nitrogens with one attached hydrogen (secondary N) is 1. The van der Waals surface area contributed by atoms with E-state index in [4.69, 9.17) is 0 Å². The van der Waals surface area contributed by atoms with Crippen molar-refractivity contribution in [3.05, 3.63) is 41.3 Å². The number of anilines is 1. The Kier molecular flexibility index (Phi) is 5.38. The van der Waals surface area contributed by atoms with Crippen LogP contribution < -0.4 is 10.2 Å². The van der Waals surface area contributed by atoms with Gasteiger partial charge >= 0.3 is 6.18 Å². The predicted molar refractivity (Wildman–Crippen MR) is 94.0 cm³/mol. The fourth-order valence-electron chi connectivity index (χ4n) is 3.26. The van der Waals surface area contributed by atoms with Crippen molar-refractivity contribution in [3.8, 4) is 0 Å². The molecule has 1 amide bonds. The zero-order valence-electron chi connectivity index (χ0n) is 15.3. The smallest absolute Gasteiger partial charge is 0.357 e. The van der Waals surface area contributed by atoms with Gasteiger partial charge in [0.25, 0.3) is 0 Å². The van der Waals surface area contributed by atoms with Gasteiger partial charge in [-0.1, -0.05) is 0 Å². The summed E-state index contributed by atoms with van der Waals surface area (Å²) in [5.41, 5.74) is 1.12. The minimum atomic E-state index is -4.39. The molecule has 3 heterocycles. The summed E-state index contributed by atoms with van der Waals surface area (Å²) in [5, 5.41) is 7.20. The molecule has 1 fully saturated rings. The number of hydrogen-bond donors (Lipinski definition) is 1. The molecule has 0 unspecified atom stereocenters. The lowest BCUT2D eigenvalue weighted by Crippen LogP contribution is -2.40. The number of carbonyl (C=O) groups excluding carboxylic acids is 1. The van der Waals surface area contributed by atoms with E-state index in [0.717, 1.165) is 23.5 Å². The summed E-state index contributed by atoms with van der Waals surface area (Å²) in [6, 6.07) is 2.42. The van der Waals surface area contributed by atoms with E-state index in [1.807, 2.05) is 25.1 Å². The molecule has 0 bridgehead atoms. The second-order valence-electron chi connectivity index (χ2n) is 6.80. The Bertz CT molecular complexity index is 792. The van der Waals surface area contributed by atoms with Gasteiger partial charge in [-0.15, -0.1) is 0 Å². The quantitative estimate of drug-likeness (QED) is 0.885. The van der Waals surface area contributed by atoms with Gasteiger partial charge in [0.2, 0.25) is 5.91 Å². The van der Waals surface area contributed by atoms with Crippen molar-refractivity contribution in [1.29, 1.82) is 0 Å². The van der Waals surface area contributed by atoms with Crippen molar-refractivity contribution in [2.75, 3.05) is 18.0 Å². The number of amides is 1. The Hall–Kier alpha value is -2.58. The van der Waals surface area contributed by atoms with Crippen molar-refractivity contribution in [1.82, 2.24) is 20.1 Å². The van der Waals surface area contributed by atoms with E-state index in [-0.39, 0.29) is 11.8 Å². The SMILES string of the molecule is Cc1nn(C)cc1CNC(=O)C1CCN(c2ccc(C(F)(F)F)cn2)CC1. The summed E-state index contributed by atoms with van der Waals surface area (Å²) in [5.74, 6) is 0.402. The molecule has 1 aliphatic rings. The zero-order chi connectivity index (χ0) is 19.6. The van der Waals surface area contributed by atoms with Gasteiger partial charge < -0.3 is 10.2 Å². The van der Waals surface area contributed by atoms with Crippen molar-refractivity contribution >= 4 is 11.7 Å². The third kappa shape index (κ3) is 4.58. The van der Waals surface area contributed by atoms with Crippen LogP contribution in [0.15, 0.2) is 24.5 Å². The first-order valence-electron chi connectivity index (χ1n) is 8.79. The van der Waals surface area contributed by atoms with E-state index in [0.29, 0.717) is 38.3 Å². The van der Waals surface area contributed by atoms with Gasteiger partial charge in [0.15, 0.2) is 0 Å². The third-order valence-electron chi connectivity index (χ3n) is 4.83. The van der Waals surface area contributed by atoms with E-state index in [1.165, 1.54) is 6.07 Å². The molecule has 1 aliphatic heterocycles. The highest BCUT2D eigenvalue weighted by Gasteiger charge is 2.31. The van der Waals surface area contributed by atoms with Gasteiger partial charge in [-0.25, -0.2) is 4.98 Å². The molecule has 9 heteroatoms. The summed E-state index contributed by atoms with van der Waals surface area (Å²) in [6.07, 6.45) is -0.372. The van der Waals surface area contributed by atoms with Crippen molar-refractivity contribution in [2.24, 2.45) is 13.0 Å². The second kappa shape index (κ2) is 7.58. The van der Waals surface area contributed by atoms with Crippen LogP contribution in [0, 0.1) is 12.8 Å². The first kappa shape index (κ1) is 19.2. The highest BCUT2D eigenvalue weighted by atomic mass is 19.4. The molecule has 1 N–H and O–H groups in total. The van der Waals surface area contributed by atoms with E-state index in [9.17, 15) is 18.0 Å². The average Bonchev–Trinajstić information content (AvgIpc) is 2.96. The number of alkyl halides is 3. The molecular weight excluding hydrogens is 359 g/mol. The number of aryl methyl sites for hydroxylation is 2. The third-order valence-corrected chi connectivity index (χ3v) is 4.83. The number of halogens is 3. The average molecular weight is 381 g/mol. The molecule has 1 saturated heterocycles. The Labute approximate surface area is 155 Å². The lowest BCUT2D eigenvalue weighted by atomic mass is 9.96. The Balaban J connectivity index is 1.51. The largest absolute Gasteiger partial charge is 0.417 e. The van der Waals surface area contributed by atoms with E-state index in [2.05, 4.69) is 15.4 Å². The Morgan fingerprint density at radius 3 is 2.52 bits per heavy atom. The van der Waals surface area contributed by atoms with Crippen molar-refractivity contribution in [3.63, 3.8) is 0 Å². The number of carbonyl (C=O) groups is 1. The van der Waals surface area contributed by atoms with Crippen LogP contribution in [0.5, 0.6) is 0 Å². The molecule has 0 atom stereocenters. The van der Waals surface area contributed by atoms with E-state index >= 15 is 0 Å². The van der Waals surface area contributed by atoms with Crippen LogP contribution in [0.3, 0.4) is 0 Å². The predicted octanol–water partition coefficient (Wildman–Crippen LogP) is 2.68. The minimum Gasteiger partial charge on any atom is -0.357 e. The fraction of sp³-hybridized carbons (Fsp3) is 0.500. The van der Waals surface area contributed by atoms with Gasteiger partial charge in [-0.2, -0.15) is 18.3 Å². The summed E-state index contributed by atoms with van der Waals surface area (Å²) in [7, 11) is 1.84. The molecule has 6 nitrogen and oxygen atoms in total. The highest BCUT2D eigenvalue weighted by Crippen LogP contribution is 2.30. The number of piperidine rings is 1. The van der Waals surface area contributed by atoms with Crippen LogP contribution in [0.25, 0.3) is 0 Å². The van der Waals surface area contributed by atoms with Crippen molar-refractivity contribution in [2.45, 2.75) is 32.5 Å². The standard InChI is InChI=1S/C18H22F3N5O/c1-12-14(11-25(2)24-12)9-23-17(27)13-5-7-26(8-6-13)16-4-3-15(10-22-16)18(19,20)21/h3-4,10-11,13H,5-9H2,1-2H3,(H,23,27). The van der Waals surface area contributed by atoms with E-state index < -0.39 is 11.7 Å². The van der Waals surface area contributed by atoms with E-state index in [1.54, 1.807) is 4.68 Å². The maximum Gasteiger partial charge on any atom is 0.417 e. The summed E-state index contributed by atoms with van der Waals surface area (Å²) in [6.45, 7) is 3.51. The van der Waals surface area contributed by atoms with Gasteiger partial charge in [-0.05, 0) is 31.9 Å². The second-order valence-corrected chi connectivity index (χ2v) is 6.80. The molecule has 2 aromatic heterocycles. The lowest BCUT2D eigenvalue weighted by Gasteiger charge is -2.32. The molecule has 0 aliphatic carbocycles. The van der Waals surface area contributed by atoms with Gasteiger partial charge in [0, 0.05) is 50.6 Å². The van der Waals surface area contributed by atoms with Crippen LogP contribution in [0.4, 0.5) is 19.0 Å². The highest BCUT2D eigenvalue weighted by molar-refractivity contribution is 5.79. The first-order valence-corrected chi connectivity index (χ1v) is 8.79. The number of rotatable bonds is 4. The Morgan fingerprint density at radius 1 is 1.30 bits per heavy atom. The van der Waals surface area contributed by atoms with Crippen molar-refractivity contribution < 1.29 is 18.0 Å². The molecule has 3 rings (SSSR count). The summed E-state index contributed by atoms with van der Waals surface area (Å²) in [4.78, 5) is 18.2. The zero-order valence-corrected chi connectivity index (χ0v) is 15.3. The molecule has 146 valence electrons. The van der Waals surface area contributed by atoms with Crippen LogP contribution in [-0.2, 0) is 24.6 Å². The number of pyridine rings is 1. The Morgan fingerprint density at radius 2 is 2.00 bits per heavy atom. The summed E-state index contributed by atoms with van der Waals surface area (Å²) < 4.78 is 39.6. The summed E-state index contributed by atoms with van der Waals surface area (Å²) >= 11 is 0. The first-order chi connectivity index (χ1) is 12.7. The van der Waals surface area contributed by atoms with Crippen LogP contribution in [-0.4, -0.2) is 33.8 Å². The normalized spacial score (nSPS) is 15.8. The van der Waals surface area contributed by atoms with Gasteiger partial charge in [0.05, 0.1) is 11.3 Å². The lowest BCUT2D eigenvalue weighted by molar-refractivity contribution is -0.137. The maximum atomic E-state index is 12.6. The molecule has 0 aromatic carbocycles. The van der Waals surface area contributed by atoms with Gasteiger partial charge in [-0.3, -0.25) is 9.48 Å². The topological polar surface area (TPSA) is 63.1 Å². The maximum absolute atomic E-state index is 12.6. The molecule has 0 spiro atoms.